The van der Waals surface area contributed by atoms with E-state index in [1.165, 1.54) is 23.9 Å². The van der Waals surface area contributed by atoms with Gasteiger partial charge in [0.1, 0.15) is 5.75 Å². The highest BCUT2D eigenvalue weighted by atomic mass is 32.2. The maximum Gasteiger partial charge on any atom is 0.422 e. The zero-order valence-corrected chi connectivity index (χ0v) is 15.4. The lowest BCUT2D eigenvalue weighted by molar-refractivity contribution is -0.153. The Morgan fingerprint density at radius 3 is 2.57 bits per heavy atom. The molecule has 1 aliphatic heterocycles. The average molecular weight is 410 g/mol. The molecule has 0 fully saturated rings. The van der Waals surface area contributed by atoms with Gasteiger partial charge in [0.15, 0.2) is 6.61 Å². The highest BCUT2D eigenvalue weighted by Crippen LogP contribution is 2.36. The Labute approximate surface area is 163 Å². The van der Waals surface area contributed by atoms with Crippen LogP contribution in [-0.4, -0.2) is 29.8 Å². The Hall–Kier alpha value is -2.68. The van der Waals surface area contributed by atoms with Crippen molar-refractivity contribution in [2.24, 2.45) is 0 Å². The molecule has 0 spiro atoms. The number of para-hydroxylation sites is 1. The van der Waals surface area contributed by atoms with E-state index in [1.54, 1.807) is 18.2 Å². The summed E-state index contributed by atoms with van der Waals surface area (Å²) >= 11 is 1.34. The number of anilines is 1. The number of hydrogen-bond donors (Lipinski definition) is 2. The van der Waals surface area contributed by atoms with Crippen molar-refractivity contribution < 1.29 is 27.5 Å². The third-order valence-corrected chi connectivity index (χ3v) is 5.17. The lowest BCUT2D eigenvalue weighted by Gasteiger charge is -2.23. The van der Waals surface area contributed by atoms with E-state index in [2.05, 4.69) is 15.4 Å². The number of carbonyl (C=O) groups is 2. The summed E-state index contributed by atoms with van der Waals surface area (Å²) in [7, 11) is 0. The Morgan fingerprint density at radius 1 is 1.14 bits per heavy atom. The van der Waals surface area contributed by atoms with E-state index >= 15 is 0 Å². The van der Waals surface area contributed by atoms with E-state index in [4.69, 9.17) is 0 Å². The molecule has 2 N–H and O–H groups in total. The van der Waals surface area contributed by atoms with Crippen LogP contribution in [0.15, 0.2) is 53.4 Å². The molecule has 3 rings (SSSR count). The molecule has 0 saturated carbocycles. The van der Waals surface area contributed by atoms with Crippen molar-refractivity contribution >= 4 is 29.3 Å². The molecule has 0 bridgehead atoms. The Morgan fingerprint density at radius 2 is 1.86 bits per heavy atom. The van der Waals surface area contributed by atoms with Gasteiger partial charge in [-0.25, -0.2) is 0 Å². The molecule has 28 heavy (non-hydrogen) atoms. The van der Waals surface area contributed by atoms with Crippen LogP contribution in [0.2, 0.25) is 0 Å². The van der Waals surface area contributed by atoms with Crippen LogP contribution in [0.3, 0.4) is 0 Å². The smallest absolute Gasteiger partial charge is 0.422 e. The van der Waals surface area contributed by atoms with Gasteiger partial charge in [-0.1, -0.05) is 24.3 Å². The van der Waals surface area contributed by atoms with Crippen molar-refractivity contribution in [1.82, 2.24) is 5.32 Å². The van der Waals surface area contributed by atoms with E-state index in [1.807, 2.05) is 18.2 Å². The minimum Gasteiger partial charge on any atom is -0.484 e. The second-order valence-corrected chi connectivity index (χ2v) is 7.37. The molecule has 1 atom stereocenters. The van der Waals surface area contributed by atoms with Crippen LogP contribution in [0.25, 0.3) is 0 Å². The Bertz CT molecular complexity index is 856. The van der Waals surface area contributed by atoms with Crippen LogP contribution in [-0.2, 0) is 16.1 Å². The van der Waals surface area contributed by atoms with Crippen LogP contribution >= 0.6 is 11.8 Å². The van der Waals surface area contributed by atoms with Crippen molar-refractivity contribution in [2.45, 2.75) is 29.3 Å². The highest BCUT2D eigenvalue weighted by molar-refractivity contribution is 8.01. The molecule has 9 heteroatoms. The Balaban J connectivity index is 1.47. The summed E-state index contributed by atoms with van der Waals surface area (Å²) < 4.78 is 41.0. The van der Waals surface area contributed by atoms with Crippen LogP contribution in [0.4, 0.5) is 18.9 Å². The molecule has 2 aromatic carbocycles. The van der Waals surface area contributed by atoms with Gasteiger partial charge in [0, 0.05) is 17.9 Å². The fraction of sp³-hybridized carbons (Fsp3) is 0.263. The van der Waals surface area contributed by atoms with Gasteiger partial charge in [0.05, 0.1) is 10.9 Å². The van der Waals surface area contributed by atoms with Crippen molar-refractivity contribution in [3.63, 3.8) is 0 Å². The maximum atomic E-state index is 12.2. The van der Waals surface area contributed by atoms with E-state index in [-0.39, 0.29) is 30.5 Å². The van der Waals surface area contributed by atoms with Crippen molar-refractivity contribution in [3.05, 3.63) is 54.1 Å². The molecule has 1 heterocycles. The van der Waals surface area contributed by atoms with Crippen LogP contribution in [0, 0.1) is 0 Å². The maximum absolute atomic E-state index is 12.2. The van der Waals surface area contributed by atoms with Gasteiger partial charge >= 0.3 is 6.18 Å². The average Bonchev–Trinajstić information content (AvgIpc) is 2.65. The molecular weight excluding hydrogens is 393 g/mol. The molecule has 1 unspecified atom stereocenters. The minimum absolute atomic E-state index is 0.0254. The first-order valence-electron chi connectivity index (χ1n) is 8.42. The van der Waals surface area contributed by atoms with Crippen molar-refractivity contribution in [2.75, 3.05) is 11.9 Å². The molecule has 0 saturated heterocycles. The molecule has 5 nitrogen and oxygen atoms in total. The molecule has 0 aromatic heterocycles. The zero-order chi connectivity index (χ0) is 20.1. The summed E-state index contributed by atoms with van der Waals surface area (Å²) in [5, 5.41) is 4.98. The molecule has 0 aliphatic carbocycles. The summed E-state index contributed by atoms with van der Waals surface area (Å²) in [6.45, 7) is -1.15. The molecule has 2 amide bonds. The number of hydrogen-bond acceptors (Lipinski definition) is 4. The summed E-state index contributed by atoms with van der Waals surface area (Å²) in [4.78, 5) is 25.2. The van der Waals surface area contributed by atoms with E-state index in [0.717, 1.165) is 10.6 Å². The van der Waals surface area contributed by atoms with Gasteiger partial charge in [-0.05, 0) is 29.8 Å². The number of halogens is 3. The minimum atomic E-state index is -4.39. The monoisotopic (exact) mass is 410 g/mol. The first kappa shape index (κ1) is 20.1. The quantitative estimate of drug-likeness (QED) is 0.761. The second kappa shape index (κ2) is 8.55. The summed E-state index contributed by atoms with van der Waals surface area (Å²) in [6, 6.07) is 13.3. The van der Waals surface area contributed by atoms with Crippen LogP contribution in [0.1, 0.15) is 12.0 Å². The van der Waals surface area contributed by atoms with Gasteiger partial charge in [-0.2, -0.15) is 13.2 Å². The number of nitrogens with one attached hydrogen (secondary N) is 2. The van der Waals surface area contributed by atoms with Crippen LogP contribution in [0.5, 0.6) is 5.75 Å². The molecular formula is C19H17F3N2O3S. The number of benzene rings is 2. The Kier molecular flexibility index (Phi) is 6.13. The van der Waals surface area contributed by atoms with Gasteiger partial charge in [0.2, 0.25) is 11.8 Å². The molecule has 148 valence electrons. The van der Waals surface area contributed by atoms with E-state index in [0.29, 0.717) is 5.56 Å². The first-order valence-corrected chi connectivity index (χ1v) is 9.30. The molecule has 1 aliphatic rings. The molecule has 2 aromatic rings. The number of ether oxygens (including phenoxy) is 1. The predicted molar refractivity (Wildman–Crippen MR) is 99.2 cm³/mol. The number of alkyl halides is 3. The fourth-order valence-electron chi connectivity index (χ4n) is 2.54. The lowest BCUT2D eigenvalue weighted by atomic mass is 10.2. The van der Waals surface area contributed by atoms with Gasteiger partial charge in [-0.15, -0.1) is 11.8 Å². The standard InChI is InChI=1S/C19H17F3N2O3S/c20-19(21,22)11-27-13-7-5-12(6-8-13)10-23-17(25)9-16-18(26)24-14-3-1-2-4-15(14)28-16/h1-8,16H,9-11H2,(H,23,25)(H,24,26). The van der Waals surface area contributed by atoms with Gasteiger partial charge < -0.3 is 15.4 Å². The lowest BCUT2D eigenvalue weighted by Crippen LogP contribution is -2.34. The summed E-state index contributed by atoms with van der Waals surface area (Å²) in [5.41, 5.74) is 1.45. The number of thioether (sulfide) groups is 1. The van der Waals surface area contributed by atoms with E-state index in [9.17, 15) is 22.8 Å². The van der Waals surface area contributed by atoms with Gasteiger partial charge in [-0.3, -0.25) is 9.59 Å². The normalized spacial score (nSPS) is 16.1. The topological polar surface area (TPSA) is 67.4 Å². The SMILES string of the molecule is O=C(CC1Sc2ccccc2NC1=O)NCc1ccc(OCC(F)(F)F)cc1. The summed E-state index contributed by atoms with van der Waals surface area (Å²) in [6.07, 6.45) is -4.37. The second-order valence-electron chi connectivity index (χ2n) is 6.12. The number of rotatable bonds is 6. The first-order chi connectivity index (χ1) is 13.3. The third kappa shape index (κ3) is 5.66. The largest absolute Gasteiger partial charge is 0.484 e. The highest BCUT2D eigenvalue weighted by Gasteiger charge is 2.29. The summed E-state index contributed by atoms with van der Waals surface area (Å²) in [5.74, 6) is -0.407. The fourth-order valence-corrected chi connectivity index (χ4v) is 3.65. The van der Waals surface area contributed by atoms with Crippen molar-refractivity contribution in [1.29, 1.82) is 0 Å². The predicted octanol–water partition coefficient (Wildman–Crippen LogP) is 3.75. The number of carbonyl (C=O) groups excluding carboxylic acids is 2. The number of amides is 2. The third-order valence-electron chi connectivity index (χ3n) is 3.89. The van der Waals surface area contributed by atoms with Crippen molar-refractivity contribution in [3.8, 4) is 5.75 Å². The van der Waals surface area contributed by atoms with E-state index < -0.39 is 18.0 Å². The molecule has 0 radical (unpaired) electrons. The number of fused-ring (bicyclic) bond motifs is 1. The van der Waals surface area contributed by atoms with Gasteiger partial charge in [0.25, 0.3) is 0 Å². The van der Waals surface area contributed by atoms with Crippen LogP contribution < -0.4 is 15.4 Å². The zero-order valence-electron chi connectivity index (χ0n) is 14.6.